The van der Waals surface area contributed by atoms with E-state index in [2.05, 4.69) is 100 Å². The van der Waals surface area contributed by atoms with Gasteiger partial charge in [-0.3, -0.25) is 9.59 Å². The normalized spacial score (nSPS) is 23.2. The van der Waals surface area contributed by atoms with Crippen LogP contribution in [0.4, 0.5) is 0 Å². The van der Waals surface area contributed by atoms with Gasteiger partial charge in [-0.1, -0.05) is 85.0 Å². The molecular weight excluding hydrogens is 749 g/mol. The first-order valence-electron chi connectivity index (χ1n) is 22.5. The first-order valence-corrected chi connectivity index (χ1v) is 22.5. The first-order chi connectivity index (χ1) is 28.7. The molecule has 1 unspecified atom stereocenters. The number of ketones is 1. The van der Waals surface area contributed by atoms with E-state index in [1.807, 2.05) is 19.1 Å². The maximum Gasteiger partial charge on any atom is 0.306 e. The number of carbonyl (C=O) groups excluding carboxylic acids is 2. The molecule has 0 radical (unpaired) electrons. The number of rotatable bonds is 18. The maximum absolute atomic E-state index is 14.4. The van der Waals surface area contributed by atoms with E-state index >= 15 is 0 Å². The van der Waals surface area contributed by atoms with Gasteiger partial charge in [0.15, 0.2) is 12.1 Å². The Labute approximate surface area is 357 Å². The fourth-order valence-electron chi connectivity index (χ4n) is 9.72. The number of hydrogen-bond acceptors (Lipinski definition) is 6. The van der Waals surface area contributed by atoms with Crippen LogP contribution in [0.25, 0.3) is 29.9 Å². The van der Waals surface area contributed by atoms with Gasteiger partial charge in [0.1, 0.15) is 12.5 Å². The number of esters is 1. The van der Waals surface area contributed by atoms with Crippen molar-refractivity contribution < 1.29 is 24.2 Å². The van der Waals surface area contributed by atoms with Crippen molar-refractivity contribution in [2.24, 2.45) is 29.6 Å². The Balaban J connectivity index is 1.31. The lowest BCUT2D eigenvalue weighted by Gasteiger charge is -2.23. The van der Waals surface area contributed by atoms with E-state index in [-0.39, 0.29) is 36.6 Å². The van der Waals surface area contributed by atoms with Gasteiger partial charge >= 0.3 is 5.97 Å². The lowest BCUT2D eigenvalue weighted by molar-refractivity contribution is -0.142. The molecule has 0 saturated carbocycles. The van der Waals surface area contributed by atoms with Crippen molar-refractivity contribution in [3.63, 3.8) is 0 Å². The summed E-state index contributed by atoms with van der Waals surface area (Å²) < 4.78 is 11.3. The quantitative estimate of drug-likeness (QED) is 0.0494. The number of fused-ring (bicyclic) bond motifs is 7. The van der Waals surface area contributed by atoms with Crippen LogP contribution < -0.4 is 16.0 Å². The molecule has 9 nitrogen and oxygen atoms in total. The van der Waals surface area contributed by atoms with Crippen molar-refractivity contribution in [3.8, 4) is 0 Å². The summed E-state index contributed by atoms with van der Waals surface area (Å²) in [6.07, 6.45) is 19.0. The maximum atomic E-state index is 14.4. The highest BCUT2D eigenvalue weighted by Crippen LogP contribution is 2.49. The third-order valence-electron chi connectivity index (χ3n) is 13.9. The van der Waals surface area contributed by atoms with Crippen LogP contribution in [0.3, 0.4) is 0 Å². The van der Waals surface area contributed by atoms with E-state index in [9.17, 15) is 14.7 Å². The third kappa shape index (κ3) is 9.18. The zero-order valence-electron chi connectivity index (χ0n) is 37.9. The van der Waals surface area contributed by atoms with Gasteiger partial charge in [-0.05, 0) is 112 Å². The average molecular weight is 819 g/mol. The number of allylic oxidation sites excluding steroid dienone is 3. The van der Waals surface area contributed by atoms with Crippen molar-refractivity contribution in [1.82, 2.24) is 20.3 Å². The Morgan fingerprint density at radius 3 is 2.32 bits per heavy atom. The second kappa shape index (κ2) is 19.4. The van der Waals surface area contributed by atoms with E-state index in [1.165, 1.54) is 55.9 Å². The van der Waals surface area contributed by atoms with Gasteiger partial charge in [-0.2, -0.15) is 0 Å². The standard InChI is InChI=1S/C51H70N4O5/c1-12-28(4)17-15-18-29(5)19-16-20-30(6)23-24-60-44(56)22-21-37-33(9)40-25-38-31(7)35(13-2)42(52-38)26-39-32(8)36(14-3)43(53-39)27-41-34(10)45-49(55-41)46(48(37)54-40)47(50(45)57)51(58)59-11/h13,23,25-29,33,37,47,51-55,58H,2,12,14-22,24H2,1,3-11H3/b30-23-,39-26-,40-25-,43-27-,48-46-/t28-,29-,33+,37+,47-,51?/m1/s1. The Bertz CT molecular complexity index is 2310. The number of aromatic nitrogens is 3. The van der Waals surface area contributed by atoms with E-state index in [0.717, 1.165) is 87.0 Å². The largest absolute Gasteiger partial charge is 0.461 e. The van der Waals surface area contributed by atoms with Gasteiger partial charge in [-0.25, -0.2) is 0 Å². The third-order valence-corrected chi connectivity index (χ3v) is 13.9. The highest BCUT2D eigenvalue weighted by atomic mass is 16.6. The summed E-state index contributed by atoms with van der Waals surface area (Å²) in [5, 5.41) is 17.1. The molecule has 6 rings (SSSR count). The van der Waals surface area contributed by atoms with Crippen LogP contribution in [0.1, 0.15) is 160 Å². The Morgan fingerprint density at radius 2 is 1.62 bits per heavy atom. The molecule has 6 atom stereocenters. The molecule has 3 aromatic rings. The van der Waals surface area contributed by atoms with Crippen LogP contribution in [0.15, 0.2) is 29.6 Å². The molecule has 5 N–H and O–H groups in total. The van der Waals surface area contributed by atoms with Crippen molar-refractivity contribution in [2.45, 2.75) is 133 Å². The summed E-state index contributed by atoms with van der Waals surface area (Å²) >= 11 is 0. The predicted octanol–water partition coefficient (Wildman–Crippen LogP) is 9.45. The van der Waals surface area contributed by atoms with E-state index in [1.54, 1.807) is 0 Å². The summed E-state index contributed by atoms with van der Waals surface area (Å²) in [6, 6.07) is 0. The monoisotopic (exact) mass is 819 g/mol. The van der Waals surface area contributed by atoms with E-state index < -0.39 is 12.2 Å². The second-order valence-electron chi connectivity index (χ2n) is 17.9. The number of ether oxygens (including phenoxy) is 2. The van der Waals surface area contributed by atoms with Gasteiger partial charge in [0.2, 0.25) is 0 Å². The van der Waals surface area contributed by atoms with Crippen LogP contribution in [-0.2, 0) is 20.7 Å². The minimum Gasteiger partial charge on any atom is -0.461 e. The van der Waals surface area contributed by atoms with Gasteiger partial charge in [0.25, 0.3) is 0 Å². The average Bonchev–Trinajstić information content (AvgIpc) is 3.97. The van der Waals surface area contributed by atoms with Crippen molar-refractivity contribution in [2.75, 3.05) is 13.7 Å². The van der Waals surface area contributed by atoms with Gasteiger partial charge in [-0.15, -0.1) is 0 Å². The van der Waals surface area contributed by atoms with Crippen molar-refractivity contribution in [1.29, 1.82) is 0 Å². The molecule has 3 aromatic heterocycles. The van der Waals surface area contributed by atoms with Crippen LogP contribution in [0.5, 0.6) is 0 Å². The second-order valence-corrected chi connectivity index (χ2v) is 17.9. The lowest BCUT2D eigenvalue weighted by atomic mass is 9.84. The summed E-state index contributed by atoms with van der Waals surface area (Å²) in [4.78, 5) is 38.8. The van der Waals surface area contributed by atoms with Gasteiger partial charge < -0.3 is 34.8 Å². The first kappa shape index (κ1) is 44.9. The molecule has 324 valence electrons. The van der Waals surface area contributed by atoms with Crippen LogP contribution >= 0.6 is 0 Å². The molecule has 8 bridgehead atoms. The summed E-state index contributed by atoms with van der Waals surface area (Å²) in [6.45, 7) is 24.0. The molecule has 0 amide bonds. The molecule has 5 heterocycles. The minimum atomic E-state index is -1.36. The highest BCUT2D eigenvalue weighted by Gasteiger charge is 2.48. The Morgan fingerprint density at radius 1 is 0.917 bits per heavy atom. The number of H-pyrrole nitrogens is 3. The highest BCUT2D eigenvalue weighted by molar-refractivity contribution is 6.15. The molecule has 0 aromatic carbocycles. The molecule has 1 fully saturated rings. The lowest BCUT2D eigenvalue weighted by Crippen LogP contribution is -2.29. The van der Waals surface area contributed by atoms with Crippen LogP contribution in [-0.4, -0.2) is 51.8 Å². The number of carbonyl (C=O) groups is 2. The van der Waals surface area contributed by atoms with Gasteiger partial charge in [0.05, 0.1) is 5.69 Å². The Hall–Kier alpha value is -4.60. The van der Waals surface area contributed by atoms with E-state index in [0.29, 0.717) is 23.3 Å². The number of nitrogens with one attached hydrogen (secondary N) is 4. The fourth-order valence-corrected chi connectivity index (χ4v) is 9.72. The molecular formula is C51H70N4O5. The molecule has 3 aliphatic rings. The molecule has 1 aliphatic carbocycles. The fraction of sp³-hybridized carbons (Fsp3) is 0.529. The minimum absolute atomic E-state index is 0.0562. The molecule has 2 aliphatic heterocycles. The molecule has 0 spiro atoms. The van der Waals surface area contributed by atoms with Crippen molar-refractivity contribution >= 4 is 41.6 Å². The van der Waals surface area contributed by atoms with Crippen molar-refractivity contribution in [3.05, 3.63) is 96.5 Å². The number of hydrogen-bond donors (Lipinski definition) is 5. The number of aromatic amines is 3. The summed E-state index contributed by atoms with van der Waals surface area (Å²) in [5.74, 6) is -0.0784. The summed E-state index contributed by atoms with van der Waals surface area (Å²) in [5.41, 5.74) is 12.9. The summed E-state index contributed by atoms with van der Waals surface area (Å²) in [7, 11) is 1.42. The number of aliphatic hydroxyl groups is 1. The SMILES string of the molecule is C=Cc1c2[nH]c(c1C)/C=C1\N/C(=C3\c4[nH]c(c(C)c4C(=O)[C@@H]3C(O)OC)/C=c3\[nH]/c(c(C)c3CC)=C\2)[C@@H](CCC(=O)OC/C=C(/C)CCC[C@H](C)CCC[C@H](C)CC)[C@@H]1C. The topological polar surface area (TPSA) is 132 Å². The molecule has 9 heteroatoms. The van der Waals surface area contributed by atoms with Crippen LogP contribution in [0, 0.1) is 50.4 Å². The molecule has 1 saturated heterocycles. The van der Waals surface area contributed by atoms with E-state index in [4.69, 9.17) is 9.47 Å². The molecule has 60 heavy (non-hydrogen) atoms. The number of aliphatic hydroxyl groups excluding tert-OH is 1. The smallest absolute Gasteiger partial charge is 0.306 e. The number of Topliss-reactive ketones (excluding diaryl/α,β-unsaturated/α-hetero) is 1. The Kier molecular flexibility index (Phi) is 14.5. The predicted molar refractivity (Wildman–Crippen MR) is 244 cm³/mol. The zero-order chi connectivity index (χ0) is 43.4. The van der Waals surface area contributed by atoms with Crippen LogP contribution in [0.2, 0.25) is 0 Å². The zero-order valence-corrected chi connectivity index (χ0v) is 37.9. The number of methoxy groups -OCH3 is 1. The van der Waals surface area contributed by atoms with Gasteiger partial charge in [0, 0.05) is 81.2 Å².